The average molecular weight is 351 g/mol. The summed E-state index contributed by atoms with van der Waals surface area (Å²) in [7, 11) is 0. The molecule has 0 aliphatic heterocycles. The first-order valence-corrected chi connectivity index (χ1v) is 8.26. The lowest BCUT2D eigenvalue weighted by molar-refractivity contribution is -0.123. The van der Waals surface area contributed by atoms with Crippen molar-refractivity contribution in [2.75, 3.05) is 0 Å². The molecule has 1 aromatic carbocycles. The fourth-order valence-corrected chi connectivity index (χ4v) is 3.98. The van der Waals surface area contributed by atoms with E-state index >= 15 is 0 Å². The molecule has 5 heteroatoms. The lowest BCUT2D eigenvalue weighted by atomic mass is 9.86. The number of halogens is 1. The van der Waals surface area contributed by atoms with Crippen LogP contribution in [0.25, 0.3) is 0 Å². The SMILES string of the molecule is O=C(C[C@@H]1C[C@H]2CC[C@H]1C2)NNC(=O)c1ccc(Br)cc1. The lowest BCUT2D eigenvalue weighted by Gasteiger charge is -2.20. The van der Waals surface area contributed by atoms with Crippen LogP contribution in [0.2, 0.25) is 0 Å². The number of hydrazine groups is 1. The Labute approximate surface area is 132 Å². The fraction of sp³-hybridized carbons (Fsp3) is 0.500. The van der Waals surface area contributed by atoms with Crippen LogP contribution in [0.1, 0.15) is 42.5 Å². The maximum atomic E-state index is 11.9. The molecular formula is C16H19BrN2O2. The van der Waals surface area contributed by atoms with Gasteiger partial charge in [-0.25, -0.2) is 0 Å². The predicted molar refractivity (Wildman–Crippen MR) is 83.3 cm³/mol. The van der Waals surface area contributed by atoms with Gasteiger partial charge in [0.05, 0.1) is 0 Å². The highest BCUT2D eigenvalue weighted by atomic mass is 79.9. The maximum Gasteiger partial charge on any atom is 0.269 e. The second-order valence-electron chi connectivity index (χ2n) is 6.15. The molecule has 0 heterocycles. The minimum Gasteiger partial charge on any atom is -0.273 e. The van der Waals surface area contributed by atoms with Crippen molar-refractivity contribution in [3.63, 3.8) is 0 Å². The van der Waals surface area contributed by atoms with Crippen LogP contribution in [0.15, 0.2) is 28.7 Å². The van der Waals surface area contributed by atoms with Gasteiger partial charge in [0.15, 0.2) is 0 Å². The second kappa shape index (κ2) is 6.18. The summed E-state index contributed by atoms with van der Waals surface area (Å²) < 4.78 is 0.916. The van der Waals surface area contributed by atoms with Crippen molar-refractivity contribution in [2.24, 2.45) is 17.8 Å². The van der Waals surface area contributed by atoms with Crippen molar-refractivity contribution in [3.8, 4) is 0 Å². The molecule has 21 heavy (non-hydrogen) atoms. The fourth-order valence-electron chi connectivity index (χ4n) is 3.72. The Balaban J connectivity index is 1.45. The molecule has 0 spiro atoms. The summed E-state index contributed by atoms with van der Waals surface area (Å²) in [6, 6.07) is 7.01. The van der Waals surface area contributed by atoms with Crippen LogP contribution in [-0.4, -0.2) is 11.8 Å². The monoisotopic (exact) mass is 350 g/mol. The van der Waals surface area contributed by atoms with Gasteiger partial charge < -0.3 is 0 Å². The van der Waals surface area contributed by atoms with E-state index in [4.69, 9.17) is 0 Å². The summed E-state index contributed by atoms with van der Waals surface area (Å²) in [4.78, 5) is 23.8. The quantitative estimate of drug-likeness (QED) is 0.823. The van der Waals surface area contributed by atoms with E-state index in [0.717, 1.165) is 16.3 Å². The van der Waals surface area contributed by atoms with Gasteiger partial charge >= 0.3 is 0 Å². The number of rotatable bonds is 3. The summed E-state index contributed by atoms with van der Waals surface area (Å²) in [5.74, 6) is 1.70. The van der Waals surface area contributed by atoms with Gasteiger partial charge in [-0.15, -0.1) is 0 Å². The molecule has 3 rings (SSSR count). The van der Waals surface area contributed by atoms with E-state index in [1.807, 2.05) is 0 Å². The Bertz CT molecular complexity index is 544. The Kier molecular flexibility index (Phi) is 4.29. The van der Waals surface area contributed by atoms with Gasteiger partial charge in [-0.2, -0.15) is 0 Å². The van der Waals surface area contributed by atoms with Gasteiger partial charge in [-0.1, -0.05) is 22.4 Å². The smallest absolute Gasteiger partial charge is 0.269 e. The van der Waals surface area contributed by atoms with E-state index < -0.39 is 0 Å². The van der Waals surface area contributed by atoms with E-state index in [1.54, 1.807) is 24.3 Å². The highest BCUT2D eigenvalue weighted by molar-refractivity contribution is 9.10. The van der Waals surface area contributed by atoms with E-state index in [2.05, 4.69) is 26.8 Å². The molecule has 3 atom stereocenters. The van der Waals surface area contributed by atoms with Gasteiger partial charge in [0.2, 0.25) is 5.91 Å². The summed E-state index contributed by atoms with van der Waals surface area (Å²) >= 11 is 3.32. The molecule has 2 amide bonds. The molecule has 0 unspecified atom stereocenters. The molecule has 0 aromatic heterocycles. The highest BCUT2D eigenvalue weighted by Crippen LogP contribution is 2.49. The number of benzene rings is 1. The summed E-state index contributed by atoms with van der Waals surface area (Å²) in [6.45, 7) is 0. The first kappa shape index (κ1) is 14.6. The molecule has 112 valence electrons. The Hall–Kier alpha value is -1.36. The molecule has 2 saturated carbocycles. The van der Waals surface area contributed by atoms with Crippen LogP contribution in [0, 0.1) is 17.8 Å². The van der Waals surface area contributed by atoms with E-state index in [9.17, 15) is 9.59 Å². The van der Waals surface area contributed by atoms with Gasteiger partial charge in [-0.3, -0.25) is 20.4 Å². The maximum absolute atomic E-state index is 11.9. The molecule has 2 aliphatic rings. The summed E-state index contributed by atoms with van der Waals surface area (Å²) in [5, 5.41) is 0. The van der Waals surface area contributed by atoms with Gasteiger partial charge in [0.1, 0.15) is 0 Å². The molecule has 2 N–H and O–H groups in total. The highest BCUT2D eigenvalue weighted by Gasteiger charge is 2.40. The first-order chi connectivity index (χ1) is 10.1. The predicted octanol–water partition coefficient (Wildman–Crippen LogP) is 3.04. The number of fused-ring (bicyclic) bond motifs is 2. The van der Waals surface area contributed by atoms with Gasteiger partial charge in [-0.05, 0) is 61.3 Å². The lowest BCUT2D eigenvalue weighted by Crippen LogP contribution is -2.42. The van der Waals surface area contributed by atoms with Crippen LogP contribution in [0.3, 0.4) is 0 Å². The van der Waals surface area contributed by atoms with Crippen molar-refractivity contribution in [3.05, 3.63) is 34.3 Å². The minimum atomic E-state index is -0.288. The number of nitrogens with one attached hydrogen (secondary N) is 2. The van der Waals surface area contributed by atoms with Crippen molar-refractivity contribution in [2.45, 2.75) is 32.1 Å². The van der Waals surface area contributed by atoms with Crippen molar-refractivity contribution < 1.29 is 9.59 Å². The van der Waals surface area contributed by atoms with Gasteiger partial charge in [0, 0.05) is 16.5 Å². The Morgan fingerprint density at radius 1 is 1.10 bits per heavy atom. The average Bonchev–Trinajstić information content (AvgIpc) is 3.08. The molecule has 2 bridgehead atoms. The standard InChI is InChI=1S/C16H19BrN2O2/c17-14-5-3-11(4-6-14)16(21)19-18-15(20)9-13-8-10-1-2-12(13)7-10/h3-6,10,12-13H,1-2,7-9H2,(H,18,20)(H,19,21)/t10-,12-,13-/m0/s1. The third kappa shape index (κ3) is 3.46. The van der Waals surface area contributed by atoms with E-state index in [1.165, 1.54) is 25.7 Å². The zero-order valence-electron chi connectivity index (χ0n) is 11.8. The van der Waals surface area contributed by atoms with Crippen LogP contribution in [-0.2, 0) is 4.79 Å². The molecule has 2 aliphatic carbocycles. The summed E-state index contributed by atoms with van der Waals surface area (Å²) in [6.07, 6.45) is 5.61. The minimum absolute atomic E-state index is 0.0852. The first-order valence-electron chi connectivity index (χ1n) is 7.46. The van der Waals surface area contributed by atoms with E-state index in [0.29, 0.717) is 17.9 Å². The summed E-state index contributed by atoms with van der Waals surface area (Å²) in [5.41, 5.74) is 5.54. The number of hydrogen-bond acceptors (Lipinski definition) is 2. The number of amides is 2. The van der Waals surface area contributed by atoms with Crippen molar-refractivity contribution >= 4 is 27.7 Å². The molecule has 2 fully saturated rings. The molecule has 4 nitrogen and oxygen atoms in total. The van der Waals surface area contributed by atoms with Crippen LogP contribution < -0.4 is 10.9 Å². The molecular weight excluding hydrogens is 332 g/mol. The van der Waals surface area contributed by atoms with Crippen LogP contribution in [0.4, 0.5) is 0 Å². The number of carbonyl (C=O) groups excluding carboxylic acids is 2. The van der Waals surface area contributed by atoms with Crippen molar-refractivity contribution in [1.82, 2.24) is 10.9 Å². The normalized spacial score (nSPS) is 26.6. The molecule has 1 aromatic rings. The number of hydrogen-bond donors (Lipinski definition) is 2. The van der Waals surface area contributed by atoms with Crippen molar-refractivity contribution in [1.29, 1.82) is 0 Å². The topological polar surface area (TPSA) is 58.2 Å². The zero-order chi connectivity index (χ0) is 14.8. The third-order valence-corrected chi connectivity index (χ3v) is 5.28. The number of carbonyl (C=O) groups is 2. The second-order valence-corrected chi connectivity index (χ2v) is 7.06. The molecule has 0 saturated heterocycles. The Morgan fingerprint density at radius 3 is 2.48 bits per heavy atom. The van der Waals surface area contributed by atoms with E-state index in [-0.39, 0.29) is 11.8 Å². The van der Waals surface area contributed by atoms with Gasteiger partial charge in [0.25, 0.3) is 5.91 Å². The van der Waals surface area contributed by atoms with Crippen LogP contribution in [0.5, 0.6) is 0 Å². The largest absolute Gasteiger partial charge is 0.273 e. The third-order valence-electron chi connectivity index (χ3n) is 4.75. The van der Waals surface area contributed by atoms with Crippen LogP contribution >= 0.6 is 15.9 Å². The Morgan fingerprint density at radius 2 is 1.86 bits per heavy atom. The zero-order valence-corrected chi connectivity index (χ0v) is 13.4. The molecule has 0 radical (unpaired) electrons.